The topological polar surface area (TPSA) is 91.8 Å². The number of benzene rings is 1. The fourth-order valence-corrected chi connectivity index (χ4v) is 3.95. The van der Waals surface area contributed by atoms with Gasteiger partial charge in [0.25, 0.3) is 0 Å². The van der Waals surface area contributed by atoms with E-state index in [0.717, 1.165) is 33.3 Å². The predicted octanol–water partition coefficient (Wildman–Crippen LogP) is 4.06. The first kappa shape index (κ1) is 15.5. The van der Waals surface area contributed by atoms with Gasteiger partial charge in [-0.1, -0.05) is 17.7 Å². The molecule has 0 amide bonds. The van der Waals surface area contributed by atoms with E-state index in [0.29, 0.717) is 9.88 Å². The molecule has 4 rings (SSSR count). The molecule has 3 aromatic heterocycles. The number of aromatic nitrogens is 4. The molecule has 0 saturated carbocycles. The Balaban J connectivity index is 1.94. The third-order valence-electron chi connectivity index (χ3n) is 3.96. The maximum absolute atomic E-state index is 11.6. The fraction of sp³-hybridized carbons (Fsp3) is 0.111. The average Bonchev–Trinajstić information content (AvgIpc) is 3.19. The van der Waals surface area contributed by atoms with Gasteiger partial charge in [0.1, 0.15) is 10.7 Å². The number of H-pyrrole nitrogens is 1. The molecule has 0 bridgehead atoms. The molecule has 6 nitrogen and oxygen atoms in total. The molecule has 3 heterocycles. The quantitative estimate of drug-likeness (QED) is 0.581. The zero-order valence-electron chi connectivity index (χ0n) is 13.6. The van der Waals surface area contributed by atoms with Gasteiger partial charge in [-0.05, 0) is 31.5 Å². The number of aromatic amines is 1. The molecule has 0 unspecified atom stereocenters. The van der Waals surface area contributed by atoms with Crippen molar-refractivity contribution in [3.63, 3.8) is 0 Å². The lowest BCUT2D eigenvalue weighted by molar-refractivity contribution is 0.0692. The Morgan fingerprint density at radius 2 is 2.12 bits per heavy atom. The second-order valence-corrected chi connectivity index (χ2v) is 6.82. The lowest BCUT2D eigenvalue weighted by atomic mass is 10.1. The van der Waals surface area contributed by atoms with Crippen molar-refractivity contribution in [3.8, 4) is 21.1 Å². The maximum atomic E-state index is 11.6. The van der Waals surface area contributed by atoms with Gasteiger partial charge in [-0.15, -0.1) is 11.3 Å². The summed E-state index contributed by atoms with van der Waals surface area (Å²) in [6.07, 6.45) is 3.29. The Hall–Kier alpha value is -3.06. The van der Waals surface area contributed by atoms with Crippen LogP contribution in [0.25, 0.3) is 32.0 Å². The van der Waals surface area contributed by atoms with Gasteiger partial charge in [0.15, 0.2) is 5.69 Å². The highest BCUT2D eigenvalue weighted by Crippen LogP contribution is 2.37. The molecule has 0 aliphatic rings. The van der Waals surface area contributed by atoms with Crippen LogP contribution in [0.15, 0.2) is 36.7 Å². The van der Waals surface area contributed by atoms with Crippen molar-refractivity contribution in [2.45, 2.75) is 13.8 Å². The second-order valence-electron chi connectivity index (χ2n) is 5.82. The third kappa shape index (κ3) is 2.58. The Morgan fingerprint density at radius 1 is 1.28 bits per heavy atom. The molecule has 2 N–H and O–H groups in total. The molecule has 0 saturated heterocycles. The Bertz CT molecular complexity index is 1100. The SMILES string of the molecule is Cc1cc(C)c2n[nH]c(-c3nc(C(=O)O)c(-c4cccnc4)s3)c2c1. The van der Waals surface area contributed by atoms with Crippen molar-refractivity contribution >= 4 is 28.2 Å². The second kappa shape index (κ2) is 5.78. The Kier molecular flexibility index (Phi) is 3.58. The summed E-state index contributed by atoms with van der Waals surface area (Å²) in [7, 11) is 0. The fourth-order valence-electron chi connectivity index (χ4n) is 2.90. The van der Waals surface area contributed by atoms with E-state index in [1.807, 2.05) is 26.0 Å². The van der Waals surface area contributed by atoms with Crippen LogP contribution in [0.4, 0.5) is 0 Å². The standard InChI is InChI=1S/C18H14N4O2S/c1-9-6-10(2)13-12(7-9)14(22-21-13)17-20-15(18(23)24)16(25-17)11-4-3-5-19-8-11/h3-8H,1-2H3,(H,21,22)(H,23,24). The highest BCUT2D eigenvalue weighted by molar-refractivity contribution is 7.18. The summed E-state index contributed by atoms with van der Waals surface area (Å²) in [5, 5.41) is 18.5. The van der Waals surface area contributed by atoms with Crippen LogP contribution in [-0.4, -0.2) is 31.2 Å². The van der Waals surface area contributed by atoms with E-state index >= 15 is 0 Å². The monoisotopic (exact) mass is 350 g/mol. The van der Waals surface area contributed by atoms with Gasteiger partial charge >= 0.3 is 5.97 Å². The molecular formula is C18H14N4O2S. The summed E-state index contributed by atoms with van der Waals surface area (Å²) >= 11 is 1.32. The molecule has 124 valence electrons. The molecule has 0 spiro atoms. The van der Waals surface area contributed by atoms with Crippen molar-refractivity contribution in [2.75, 3.05) is 0 Å². The highest BCUT2D eigenvalue weighted by Gasteiger charge is 2.22. The number of aromatic carboxylic acids is 1. The molecule has 1 aromatic carbocycles. The summed E-state index contributed by atoms with van der Waals surface area (Å²) in [5.74, 6) is -1.06. The first-order chi connectivity index (χ1) is 12.0. The van der Waals surface area contributed by atoms with Crippen molar-refractivity contribution < 1.29 is 9.90 Å². The van der Waals surface area contributed by atoms with E-state index in [4.69, 9.17) is 0 Å². The number of fused-ring (bicyclic) bond motifs is 1. The predicted molar refractivity (Wildman–Crippen MR) is 96.9 cm³/mol. The molecule has 0 aliphatic carbocycles. The number of hydrogen-bond acceptors (Lipinski definition) is 5. The highest BCUT2D eigenvalue weighted by atomic mass is 32.1. The third-order valence-corrected chi connectivity index (χ3v) is 5.08. The number of thiazole rings is 1. The van der Waals surface area contributed by atoms with Gasteiger partial charge in [0.05, 0.1) is 10.4 Å². The number of carbonyl (C=O) groups is 1. The molecule has 0 aliphatic heterocycles. The van der Waals surface area contributed by atoms with E-state index in [9.17, 15) is 9.90 Å². The van der Waals surface area contributed by atoms with Gasteiger partial charge in [-0.2, -0.15) is 5.10 Å². The van der Waals surface area contributed by atoms with Crippen molar-refractivity contribution in [1.82, 2.24) is 20.2 Å². The van der Waals surface area contributed by atoms with Gasteiger partial charge < -0.3 is 5.11 Å². The van der Waals surface area contributed by atoms with Gasteiger partial charge in [0.2, 0.25) is 0 Å². The first-order valence-corrected chi connectivity index (χ1v) is 8.46. The number of carboxylic acids is 1. The van der Waals surface area contributed by atoms with Crippen molar-refractivity contribution in [1.29, 1.82) is 0 Å². The van der Waals surface area contributed by atoms with Crippen LogP contribution < -0.4 is 0 Å². The molecule has 0 radical (unpaired) electrons. The van der Waals surface area contributed by atoms with Crippen LogP contribution in [0, 0.1) is 13.8 Å². The maximum Gasteiger partial charge on any atom is 0.356 e. The van der Waals surface area contributed by atoms with Crippen LogP contribution in [0.2, 0.25) is 0 Å². The summed E-state index contributed by atoms with van der Waals surface area (Å²) in [6, 6.07) is 7.71. The molecule has 4 aromatic rings. The summed E-state index contributed by atoms with van der Waals surface area (Å²) < 4.78 is 0. The number of aryl methyl sites for hydroxylation is 2. The summed E-state index contributed by atoms with van der Waals surface area (Å²) in [6.45, 7) is 4.03. The van der Waals surface area contributed by atoms with Crippen LogP contribution in [0.3, 0.4) is 0 Å². The van der Waals surface area contributed by atoms with E-state index in [-0.39, 0.29) is 5.69 Å². The number of nitrogens with one attached hydrogen (secondary N) is 1. The Labute approximate surface area is 147 Å². The molecule has 0 atom stereocenters. The molecule has 7 heteroatoms. The zero-order chi connectivity index (χ0) is 17.6. The molecule has 25 heavy (non-hydrogen) atoms. The largest absolute Gasteiger partial charge is 0.476 e. The smallest absolute Gasteiger partial charge is 0.356 e. The minimum absolute atomic E-state index is 0.0279. The Morgan fingerprint density at radius 3 is 2.84 bits per heavy atom. The van der Waals surface area contributed by atoms with Gasteiger partial charge in [-0.3, -0.25) is 10.1 Å². The summed E-state index contributed by atoms with van der Waals surface area (Å²) in [5.41, 5.74) is 4.56. The molecular weight excluding hydrogens is 336 g/mol. The van der Waals surface area contributed by atoms with E-state index < -0.39 is 5.97 Å². The minimum Gasteiger partial charge on any atom is -0.476 e. The first-order valence-electron chi connectivity index (χ1n) is 7.65. The van der Waals surface area contributed by atoms with Gasteiger partial charge in [0, 0.05) is 23.3 Å². The molecule has 0 fully saturated rings. The van der Waals surface area contributed by atoms with E-state index in [2.05, 4.69) is 26.2 Å². The van der Waals surface area contributed by atoms with Crippen LogP contribution in [0.1, 0.15) is 21.6 Å². The normalized spacial score (nSPS) is 11.1. The number of nitrogens with zero attached hydrogens (tertiary/aromatic N) is 3. The average molecular weight is 350 g/mol. The van der Waals surface area contributed by atoms with Gasteiger partial charge in [-0.25, -0.2) is 9.78 Å². The van der Waals surface area contributed by atoms with Crippen LogP contribution >= 0.6 is 11.3 Å². The minimum atomic E-state index is -1.06. The van der Waals surface area contributed by atoms with Crippen LogP contribution in [0.5, 0.6) is 0 Å². The number of carboxylic acid groups (broad SMARTS) is 1. The number of rotatable bonds is 3. The van der Waals surface area contributed by atoms with E-state index in [1.165, 1.54) is 11.3 Å². The van der Waals surface area contributed by atoms with Crippen LogP contribution in [-0.2, 0) is 0 Å². The zero-order valence-corrected chi connectivity index (χ0v) is 14.4. The lowest BCUT2D eigenvalue weighted by Gasteiger charge is -1.98. The summed E-state index contributed by atoms with van der Waals surface area (Å²) in [4.78, 5) is 20.7. The number of pyridine rings is 1. The van der Waals surface area contributed by atoms with Crippen molar-refractivity contribution in [2.24, 2.45) is 0 Å². The van der Waals surface area contributed by atoms with Crippen molar-refractivity contribution in [3.05, 3.63) is 53.5 Å². The van der Waals surface area contributed by atoms with E-state index in [1.54, 1.807) is 18.5 Å². The lowest BCUT2D eigenvalue weighted by Crippen LogP contribution is -1.98. The number of hydrogen-bond donors (Lipinski definition) is 2.